The lowest BCUT2D eigenvalue weighted by atomic mass is 9.83. The molecule has 3 aromatic heterocycles. The van der Waals surface area contributed by atoms with E-state index in [1.54, 1.807) is 0 Å². The van der Waals surface area contributed by atoms with Crippen molar-refractivity contribution in [2.45, 2.75) is 64.1 Å². The van der Waals surface area contributed by atoms with Crippen molar-refractivity contribution in [3.05, 3.63) is 88.8 Å². The zero-order valence-corrected chi connectivity index (χ0v) is 23.1. The molecule has 39 heavy (non-hydrogen) atoms. The molecule has 2 aliphatic heterocycles. The van der Waals surface area contributed by atoms with Crippen molar-refractivity contribution >= 4 is 17.1 Å². The van der Waals surface area contributed by atoms with E-state index in [9.17, 15) is 0 Å². The third-order valence-electron chi connectivity index (χ3n) is 7.48. The second-order valence-corrected chi connectivity index (χ2v) is 11.2. The molecule has 0 fully saturated rings. The number of para-hydroxylation sites is 1. The Kier molecular flexibility index (Phi) is 6.35. The lowest BCUT2D eigenvalue weighted by Crippen LogP contribution is -2.53. The molecule has 3 N–H and O–H groups in total. The van der Waals surface area contributed by atoms with Gasteiger partial charge in [-0.05, 0) is 37.5 Å². The first-order valence-corrected chi connectivity index (χ1v) is 13.5. The number of H-pyrrole nitrogens is 2. The Morgan fingerprint density at radius 3 is 2.74 bits per heavy atom. The Hall–Kier alpha value is -3.82. The van der Waals surface area contributed by atoms with E-state index in [1.165, 1.54) is 10.9 Å². The molecule has 3 atom stereocenters. The molecular weight excluding hydrogens is 490 g/mol. The summed E-state index contributed by atoms with van der Waals surface area (Å²) in [5.41, 5.74) is 4.11. The molecule has 2 aliphatic rings. The van der Waals surface area contributed by atoms with Crippen molar-refractivity contribution in [3.63, 3.8) is 0 Å². The number of nitrogens with zero attached hydrogens (tertiary/aromatic N) is 4. The summed E-state index contributed by atoms with van der Waals surface area (Å²) in [4.78, 5) is 16.7. The summed E-state index contributed by atoms with van der Waals surface area (Å²) >= 11 is 0. The van der Waals surface area contributed by atoms with E-state index in [0.717, 1.165) is 34.7 Å². The van der Waals surface area contributed by atoms with Gasteiger partial charge in [0.15, 0.2) is 5.54 Å². The zero-order valence-electron chi connectivity index (χ0n) is 23.1. The van der Waals surface area contributed by atoms with E-state index < -0.39 is 5.54 Å². The van der Waals surface area contributed by atoms with Crippen LogP contribution in [0.15, 0.2) is 63.7 Å². The van der Waals surface area contributed by atoms with Crippen molar-refractivity contribution in [1.82, 2.24) is 30.5 Å². The average Bonchev–Trinajstić information content (AvgIpc) is 3.70. The average molecular weight is 526 g/mol. The minimum atomic E-state index is -0.888. The fourth-order valence-corrected chi connectivity index (χ4v) is 5.36. The number of dihydropyridines is 1. The second-order valence-electron chi connectivity index (χ2n) is 11.2. The quantitative estimate of drug-likeness (QED) is 0.312. The molecule has 0 saturated carbocycles. The summed E-state index contributed by atoms with van der Waals surface area (Å²) in [6.07, 6.45) is 10.7. The van der Waals surface area contributed by atoms with Crippen molar-refractivity contribution in [2.24, 2.45) is 4.99 Å². The fourth-order valence-electron chi connectivity index (χ4n) is 5.36. The summed E-state index contributed by atoms with van der Waals surface area (Å²) in [6, 6.07) is 8.11. The smallest absolute Gasteiger partial charge is 0.245 e. The number of fused-ring (bicyclic) bond motifs is 3. The van der Waals surface area contributed by atoms with Gasteiger partial charge in [0, 0.05) is 29.1 Å². The van der Waals surface area contributed by atoms with Gasteiger partial charge in [-0.1, -0.05) is 57.2 Å². The Morgan fingerprint density at radius 1 is 1.18 bits per heavy atom. The van der Waals surface area contributed by atoms with Crippen LogP contribution in [0.5, 0.6) is 0 Å². The first-order valence-electron chi connectivity index (χ1n) is 13.5. The molecule has 9 nitrogen and oxygen atoms in total. The standard InChI is InChI=1S/C30H35N7O2/c1-6-18-12-13-22(31-15-18)24-16-32-26(34-24)23-14-20-19-10-8-9-11-21(19)33-25(20)30(35-23,17-38-7-2)28-37-36-27(39-28)29(3,4)5/h6,8-13,15-16,22-23,33,35H,7,14,17H2,1-5H3,(H,32,34)/b18-6-. The van der Waals surface area contributed by atoms with Crippen LogP contribution >= 0.6 is 0 Å². The number of allylic oxidation sites excluding steroid dienone is 3. The van der Waals surface area contributed by atoms with Crippen LogP contribution in [0, 0.1) is 0 Å². The number of rotatable bonds is 6. The van der Waals surface area contributed by atoms with Gasteiger partial charge in [-0.15, -0.1) is 10.2 Å². The van der Waals surface area contributed by atoms with Crippen LogP contribution in [0.2, 0.25) is 0 Å². The maximum atomic E-state index is 6.40. The first kappa shape index (κ1) is 25.5. The normalized spacial score (nSPS) is 24.1. The first-order chi connectivity index (χ1) is 18.8. The van der Waals surface area contributed by atoms with E-state index in [0.29, 0.717) is 25.0 Å². The van der Waals surface area contributed by atoms with Gasteiger partial charge in [-0.25, -0.2) is 4.98 Å². The Labute approximate surface area is 227 Å². The van der Waals surface area contributed by atoms with Gasteiger partial charge in [0.1, 0.15) is 11.9 Å². The van der Waals surface area contributed by atoms with Gasteiger partial charge in [0.05, 0.1) is 30.2 Å². The zero-order chi connectivity index (χ0) is 27.2. The Morgan fingerprint density at radius 2 is 2.03 bits per heavy atom. The maximum absolute atomic E-state index is 6.40. The minimum absolute atomic E-state index is 0.0966. The molecule has 9 heteroatoms. The van der Waals surface area contributed by atoms with Gasteiger partial charge in [-0.2, -0.15) is 0 Å². The van der Waals surface area contributed by atoms with Crippen molar-refractivity contribution in [2.75, 3.05) is 13.2 Å². The second kappa shape index (κ2) is 9.73. The maximum Gasteiger partial charge on any atom is 0.245 e. The fraction of sp³-hybridized carbons (Fsp3) is 0.400. The molecule has 5 heterocycles. The molecule has 202 valence electrons. The molecule has 0 spiro atoms. The van der Waals surface area contributed by atoms with Crippen LogP contribution < -0.4 is 5.32 Å². The SMILES string of the molecule is C/C=C1/C=CC(c2cnc(C3Cc4c([nH]c5ccccc45)C(COCC)(c4nnc(C(C)(C)C)o4)N3)[nH]2)N=C1. The van der Waals surface area contributed by atoms with Crippen molar-refractivity contribution in [1.29, 1.82) is 0 Å². The predicted octanol–water partition coefficient (Wildman–Crippen LogP) is 5.37. The number of aliphatic imine (C=N–C) groups is 1. The van der Waals surface area contributed by atoms with Gasteiger partial charge < -0.3 is 19.1 Å². The molecule has 0 amide bonds. The lowest BCUT2D eigenvalue weighted by molar-refractivity contribution is 0.0649. The van der Waals surface area contributed by atoms with Crippen LogP contribution in [0.1, 0.15) is 81.3 Å². The van der Waals surface area contributed by atoms with Crippen molar-refractivity contribution in [3.8, 4) is 0 Å². The highest BCUT2D eigenvalue weighted by molar-refractivity contribution is 5.86. The highest BCUT2D eigenvalue weighted by Gasteiger charge is 2.49. The number of imidazole rings is 1. The summed E-state index contributed by atoms with van der Waals surface area (Å²) < 4.78 is 12.5. The molecule has 0 saturated heterocycles. The van der Waals surface area contributed by atoms with Crippen molar-refractivity contribution < 1.29 is 9.15 Å². The third kappa shape index (κ3) is 4.45. The lowest BCUT2D eigenvalue weighted by Gasteiger charge is -2.39. The van der Waals surface area contributed by atoms with Crippen LogP contribution in [0.4, 0.5) is 0 Å². The third-order valence-corrected chi connectivity index (χ3v) is 7.48. The Bertz CT molecular complexity index is 1570. The van der Waals surface area contributed by atoms with E-state index in [1.807, 2.05) is 38.4 Å². The van der Waals surface area contributed by atoms with Gasteiger partial charge in [0.25, 0.3) is 0 Å². The molecule has 1 aromatic carbocycles. The van der Waals surface area contributed by atoms with E-state index >= 15 is 0 Å². The number of benzene rings is 1. The van der Waals surface area contributed by atoms with E-state index in [4.69, 9.17) is 19.1 Å². The molecule has 0 bridgehead atoms. The highest BCUT2D eigenvalue weighted by atomic mass is 16.5. The highest BCUT2D eigenvalue weighted by Crippen LogP contribution is 2.43. The number of hydrogen-bond donors (Lipinski definition) is 3. The number of hydrogen-bond acceptors (Lipinski definition) is 7. The monoisotopic (exact) mass is 525 g/mol. The molecule has 3 unspecified atom stereocenters. The summed E-state index contributed by atoms with van der Waals surface area (Å²) in [5.74, 6) is 1.89. The molecule has 4 aromatic rings. The van der Waals surface area contributed by atoms with E-state index in [2.05, 4.69) is 76.6 Å². The van der Waals surface area contributed by atoms with Crippen LogP contribution in [0.3, 0.4) is 0 Å². The predicted molar refractivity (Wildman–Crippen MR) is 151 cm³/mol. The van der Waals surface area contributed by atoms with Gasteiger partial charge >= 0.3 is 0 Å². The van der Waals surface area contributed by atoms with Crippen LogP contribution in [-0.2, 0) is 22.1 Å². The topological polar surface area (TPSA) is 117 Å². The van der Waals surface area contributed by atoms with Gasteiger partial charge in [0.2, 0.25) is 11.8 Å². The van der Waals surface area contributed by atoms with Crippen LogP contribution in [0.25, 0.3) is 10.9 Å². The number of nitrogens with one attached hydrogen (secondary N) is 3. The largest absolute Gasteiger partial charge is 0.422 e. The molecule has 0 radical (unpaired) electrons. The van der Waals surface area contributed by atoms with Gasteiger partial charge in [-0.3, -0.25) is 10.3 Å². The number of aromatic amines is 2. The van der Waals surface area contributed by atoms with E-state index in [-0.39, 0.29) is 17.5 Å². The minimum Gasteiger partial charge on any atom is -0.422 e. The number of ether oxygens (including phenoxy) is 1. The summed E-state index contributed by atoms with van der Waals surface area (Å²) in [5, 5.41) is 14.0. The molecule has 0 aliphatic carbocycles. The summed E-state index contributed by atoms with van der Waals surface area (Å²) in [7, 11) is 0. The number of aromatic nitrogens is 5. The summed E-state index contributed by atoms with van der Waals surface area (Å²) in [6.45, 7) is 11.1. The molecular formula is C30H35N7O2. The van der Waals surface area contributed by atoms with Crippen LogP contribution in [-0.4, -0.2) is 44.6 Å². The Balaban J connectivity index is 1.46. The molecule has 6 rings (SSSR count).